The van der Waals surface area contributed by atoms with E-state index in [-0.39, 0.29) is 0 Å². The van der Waals surface area contributed by atoms with E-state index in [9.17, 15) is 0 Å². The first-order chi connectivity index (χ1) is 7.64. The third kappa shape index (κ3) is 3.48. The molecular formula is C17H34. The van der Waals surface area contributed by atoms with E-state index in [0.29, 0.717) is 5.41 Å². The SMILES string of the molecule is CC(C)C1CC(C(C)(C)C)C(C(C)C)CC1C. The molecular weight excluding hydrogens is 204 g/mol. The second-order valence-electron chi connectivity index (χ2n) is 8.24. The maximum atomic E-state index is 2.49. The van der Waals surface area contributed by atoms with E-state index in [1.54, 1.807) is 0 Å². The van der Waals surface area contributed by atoms with Gasteiger partial charge in [0.15, 0.2) is 0 Å². The monoisotopic (exact) mass is 238 g/mol. The Bertz CT molecular complexity index is 231. The topological polar surface area (TPSA) is 0 Å². The second kappa shape index (κ2) is 5.33. The Balaban J connectivity index is 2.89. The fourth-order valence-corrected chi connectivity index (χ4v) is 4.13. The summed E-state index contributed by atoms with van der Waals surface area (Å²) in [6, 6.07) is 0. The zero-order valence-electron chi connectivity index (χ0n) is 13.4. The molecule has 0 N–H and O–H groups in total. The van der Waals surface area contributed by atoms with Gasteiger partial charge in [0.25, 0.3) is 0 Å². The van der Waals surface area contributed by atoms with E-state index >= 15 is 0 Å². The summed E-state index contributed by atoms with van der Waals surface area (Å²) in [6.07, 6.45) is 2.90. The van der Waals surface area contributed by atoms with Crippen LogP contribution in [0.2, 0.25) is 0 Å². The molecule has 0 bridgehead atoms. The van der Waals surface area contributed by atoms with E-state index in [1.165, 1.54) is 12.8 Å². The van der Waals surface area contributed by atoms with Crippen LogP contribution < -0.4 is 0 Å². The fraction of sp³-hybridized carbons (Fsp3) is 1.00. The first-order valence-electron chi connectivity index (χ1n) is 7.64. The molecule has 0 nitrogen and oxygen atoms in total. The zero-order chi connectivity index (χ0) is 13.4. The number of rotatable bonds is 2. The van der Waals surface area contributed by atoms with Gasteiger partial charge in [0.1, 0.15) is 0 Å². The Hall–Kier alpha value is 0. The molecule has 1 aliphatic rings. The van der Waals surface area contributed by atoms with Crippen LogP contribution in [0.25, 0.3) is 0 Å². The molecule has 1 rings (SSSR count). The van der Waals surface area contributed by atoms with Crippen LogP contribution in [0.3, 0.4) is 0 Å². The average molecular weight is 238 g/mol. The molecule has 0 heteroatoms. The predicted octanol–water partition coefficient (Wildman–Crippen LogP) is 5.62. The van der Waals surface area contributed by atoms with Crippen LogP contribution in [-0.4, -0.2) is 0 Å². The van der Waals surface area contributed by atoms with Crippen LogP contribution in [-0.2, 0) is 0 Å². The molecule has 0 aliphatic heterocycles. The highest BCUT2D eigenvalue weighted by Gasteiger charge is 2.42. The lowest BCUT2D eigenvalue weighted by molar-refractivity contribution is 0.00537. The molecule has 1 fully saturated rings. The maximum absolute atomic E-state index is 2.49. The van der Waals surface area contributed by atoms with Crippen LogP contribution in [0.4, 0.5) is 0 Å². The van der Waals surface area contributed by atoms with Crippen molar-refractivity contribution >= 4 is 0 Å². The fourth-order valence-electron chi connectivity index (χ4n) is 4.13. The molecule has 0 radical (unpaired) electrons. The second-order valence-corrected chi connectivity index (χ2v) is 8.24. The predicted molar refractivity (Wildman–Crippen MR) is 78.0 cm³/mol. The van der Waals surface area contributed by atoms with Crippen molar-refractivity contribution in [3.8, 4) is 0 Å². The lowest BCUT2D eigenvalue weighted by Gasteiger charge is -2.49. The van der Waals surface area contributed by atoms with Gasteiger partial charge in [-0.1, -0.05) is 55.4 Å². The minimum Gasteiger partial charge on any atom is -0.0625 e. The van der Waals surface area contributed by atoms with Crippen molar-refractivity contribution in [3.63, 3.8) is 0 Å². The lowest BCUT2D eigenvalue weighted by atomic mass is 9.56. The Morgan fingerprint density at radius 3 is 1.65 bits per heavy atom. The summed E-state index contributed by atoms with van der Waals surface area (Å²) in [7, 11) is 0. The van der Waals surface area contributed by atoms with Gasteiger partial charge in [0.2, 0.25) is 0 Å². The molecule has 0 spiro atoms. The van der Waals surface area contributed by atoms with Crippen molar-refractivity contribution in [3.05, 3.63) is 0 Å². The van der Waals surface area contributed by atoms with Crippen molar-refractivity contribution in [2.45, 2.75) is 68.2 Å². The third-order valence-corrected chi connectivity index (χ3v) is 5.24. The Kier molecular flexibility index (Phi) is 4.72. The first-order valence-corrected chi connectivity index (χ1v) is 7.64. The summed E-state index contributed by atoms with van der Waals surface area (Å²) in [6.45, 7) is 19.5. The van der Waals surface area contributed by atoms with Crippen LogP contribution in [0.1, 0.15) is 68.2 Å². The summed E-state index contributed by atoms with van der Waals surface area (Å²) in [5, 5.41) is 0. The van der Waals surface area contributed by atoms with Gasteiger partial charge in [0.05, 0.1) is 0 Å². The van der Waals surface area contributed by atoms with Gasteiger partial charge in [0, 0.05) is 0 Å². The van der Waals surface area contributed by atoms with E-state index in [0.717, 1.165) is 35.5 Å². The molecule has 0 aromatic carbocycles. The highest BCUT2D eigenvalue weighted by atomic mass is 14.5. The van der Waals surface area contributed by atoms with E-state index in [4.69, 9.17) is 0 Å². The van der Waals surface area contributed by atoms with Crippen molar-refractivity contribution in [1.29, 1.82) is 0 Å². The third-order valence-electron chi connectivity index (χ3n) is 5.24. The number of hydrogen-bond acceptors (Lipinski definition) is 0. The smallest absolute Gasteiger partial charge is 0.0332 e. The highest BCUT2D eigenvalue weighted by Crippen LogP contribution is 2.50. The van der Waals surface area contributed by atoms with Gasteiger partial charge in [-0.25, -0.2) is 0 Å². The van der Waals surface area contributed by atoms with Crippen LogP contribution in [0, 0.1) is 40.9 Å². The van der Waals surface area contributed by atoms with Crippen molar-refractivity contribution < 1.29 is 0 Å². The van der Waals surface area contributed by atoms with Gasteiger partial charge < -0.3 is 0 Å². The van der Waals surface area contributed by atoms with Gasteiger partial charge >= 0.3 is 0 Å². The molecule has 0 aromatic rings. The maximum Gasteiger partial charge on any atom is -0.0332 e. The van der Waals surface area contributed by atoms with Crippen molar-refractivity contribution in [2.75, 3.05) is 0 Å². The molecule has 0 amide bonds. The Morgan fingerprint density at radius 1 is 0.824 bits per heavy atom. The first kappa shape index (κ1) is 15.1. The van der Waals surface area contributed by atoms with Gasteiger partial charge in [-0.15, -0.1) is 0 Å². The molecule has 4 unspecified atom stereocenters. The van der Waals surface area contributed by atoms with Gasteiger partial charge in [-0.05, 0) is 53.8 Å². The molecule has 17 heavy (non-hydrogen) atoms. The van der Waals surface area contributed by atoms with Crippen LogP contribution >= 0.6 is 0 Å². The summed E-state index contributed by atoms with van der Waals surface area (Å²) in [5.41, 5.74) is 0.474. The summed E-state index contributed by atoms with van der Waals surface area (Å²) in [4.78, 5) is 0. The molecule has 0 aromatic heterocycles. The zero-order valence-corrected chi connectivity index (χ0v) is 13.4. The highest BCUT2D eigenvalue weighted by molar-refractivity contribution is 4.91. The molecule has 1 aliphatic carbocycles. The summed E-state index contributed by atoms with van der Waals surface area (Å²) < 4.78 is 0. The molecule has 0 heterocycles. The van der Waals surface area contributed by atoms with Crippen molar-refractivity contribution in [2.24, 2.45) is 40.9 Å². The molecule has 1 saturated carbocycles. The lowest BCUT2D eigenvalue weighted by Crippen LogP contribution is -2.41. The average Bonchev–Trinajstić information content (AvgIpc) is 2.14. The normalized spacial score (nSPS) is 35.6. The van der Waals surface area contributed by atoms with Crippen molar-refractivity contribution in [1.82, 2.24) is 0 Å². The standard InChI is InChI=1S/C17H34/c1-11(2)14-10-16(17(6,7)8)15(12(3)4)9-13(14)5/h11-16H,9-10H2,1-8H3. The van der Waals surface area contributed by atoms with E-state index in [1.807, 2.05) is 0 Å². The van der Waals surface area contributed by atoms with Crippen LogP contribution in [0.15, 0.2) is 0 Å². The number of hydrogen-bond donors (Lipinski definition) is 0. The van der Waals surface area contributed by atoms with E-state index in [2.05, 4.69) is 55.4 Å². The quantitative estimate of drug-likeness (QED) is 0.585. The Labute approximate surface area is 110 Å². The van der Waals surface area contributed by atoms with Crippen LogP contribution in [0.5, 0.6) is 0 Å². The van der Waals surface area contributed by atoms with Gasteiger partial charge in [-0.2, -0.15) is 0 Å². The molecule has 102 valence electrons. The molecule has 0 saturated heterocycles. The minimum atomic E-state index is 0.474. The summed E-state index contributed by atoms with van der Waals surface area (Å²) in [5.74, 6) is 5.39. The minimum absolute atomic E-state index is 0.474. The molecule has 4 atom stereocenters. The summed E-state index contributed by atoms with van der Waals surface area (Å²) >= 11 is 0. The van der Waals surface area contributed by atoms with E-state index < -0.39 is 0 Å². The largest absolute Gasteiger partial charge is 0.0625 e. The van der Waals surface area contributed by atoms with Gasteiger partial charge in [-0.3, -0.25) is 0 Å². The Morgan fingerprint density at radius 2 is 1.29 bits per heavy atom.